The smallest absolute Gasteiger partial charge is 0.387 e. The van der Waals surface area contributed by atoms with Gasteiger partial charge in [0.05, 0.1) is 29.4 Å². The number of rotatable bonds is 6. The fourth-order valence-corrected chi connectivity index (χ4v) is 2.97. The number of halogens is 2. The predicted octanol–water partition coefficient (Wildman–Crippen LogP) is 4.20. The third-order valence-electron chi connectivity index (χ3n) is 4.07. The average Bonchev–Trinajstić information content (AvgIpc) is 2.96. The van der Waals surface area contributed by atoms with Gasteiger partial charge in [0, 0.05) is 12.1 Å². The van der Waals surface area contributed by atoms with Crippen LogP contribution in [-0.2, 0) is 11.3 Å². The van der Waals surface area contributed by atoms with Crippen LogP contribution in [0.15, 0.2) is 30.3 Å². The first kappa shape index (κ1) is 18.8. The number of aryl methyl sites for hydroxylation is 2. The highest BCUT2D eigenvalue weighted by atomic mass is 19.3. The van der Waals surface area contributed by atoms with E-state index in [9.17, 15) is 13.6 Å². The van der Waals surface area contributed by atoms with Gasteiger partial charge in [-0.2, -0.15) is 13.9 Å². The second-order valence-electron chi connectivity index (χ2n) is 5.96. The summed E-state index contributed by atoms with van der Waals surface area (Å²) < 4.78 is 36.1. The minimum Gasteiger partial charge on any atom is -0.465 e. The monoisotopic (exact) mass is 375 g/mol. The summed E-state index contributed by atoms with van der Waals surface area (Å²) in [6.07, 6.45) is 0.841. The number of methoxy groups -OCH3 is 1. The molecule has 3 rings (SSSR count). The minimum absolute atomic E-state index is 0.0160. The van der Waals surface area contributed by atoms with Crippen LogP contribution < -0.4 is 4.74 Å². The zero-order chi connectivity index (χ0) is 19.6. The van der Waals surface area contributed by atoms with Crippen molar-refractivity contribution in [2.45, 2.75) is 33.4 Å². The summed E-state index contributed by atoms with van der Waals surface area (Å²) in [5, 5.41) is 5.10. The molecule has 0 fully saturated rings. The number of nitrogens with zero attached hydrogens (tertiary/aromatic N) is 3. The molecule has 0 bridgehead atoms. The summed E-state index contributed by atoms with van der Waals surface area (Å²) in [6.45, 7) is 1.53. The number of esters is 1. The van der Waals surface area contributed by atoms with Crippen LogP contribution in [-0.4, -0.2) is 34.5 Å². The Morgan fingerprint density at radius 3 is 2.74 bits per heavy atom. The van der Waals surface area contributed by atoms with Crippen LogP contribution in [0.3, 0.4) is 0 Å². The molecule has 2 heterocycles. The summed E-state index contributed by atoms with van der Waals surface area (Å²) in [5.74, 6) is -0.495. The maximum absolute atomic E-state index is 12.5. The van der Waals surface area contributed by atoms with E-state index in [0.29, 0.717) is 40.1 Å². The number of aromatic nitrogens is 3. The third kappa shape index (κ3) is 3.74. The van der Waals surface area contributed by atoms with E-state index in [1.165, 1.54) is 19.2 Å². The standard InChI is InChI=1S/C19H19F2N3O3/c1-4-8-24-17-16(11(2)23-24)14(18(25)26-3)10-15(22-17)12-6-5-7-13(9-12)27-19(20)21/h5-7,9-10,19H,4,8H2,1-3H3. The molecule has 0 spiro atoms. The summed E-state index contributed by atoms with van der Waals surface area (Å²) in [7, 11) is 1.30. The quantitative estimate of drug-likeness (QED) is 0.604. The van der Waals surface area contributed by atoms with E-state index in [-0.39, 0.29) is 5.75 Å². The Bertz CT molecular complexity index is 986. The van der Waals surface area contributed by atoms with E-state index in [1.54, 1.807) is 29.8 Å². The highest BCUT2D eigenvalue weighted by Gasteiger charge is 2.20. The topological polar surface area (TPSA) is 66.2 Å². The predicted molar refractivity (Wildman–Crippen MR) is 96.0 cm³/mol. The summed E-state index contributed by atoms with van der Waals surface area (Å²) in [4.78, 5) is 17.0. The van der Waals surface area contributed by atoms with Crippen molar-refractivity contribution in [2.75, 3.05) is 7.11 Å². The molecule has 6 nitrogen and oxygen atoms in total. The molecule has 8 heteroatoms. The molecule has 0 amide bonds. The van der Waals surface area contributed by atoms with Gasteiger partial charge in [0.25, 0.3) is 0 Å². The zero-order valence-corrected chi connectivity index (χ0v) is 15.2. The lowest BCUT2D eigenvalue weighted by Gasteiger charge is -2.09. The lowest BCUT2D eigenvalue weighted by Crippen LogP contribution is -2.06. The van der Waals surface area contributed by atoms with Crippen LogP contribution >= 0.6 is 0 Å². The second kappa shape index (κ2) is 7.69. The molecule has 27 heavy (non-hydrogen) atoms. The van der Waals surface area contributed by atoms with E-state index in [1.807, 2.05) is 6.92 Å². The normalized spacial score (nSPS) is 11.2. The van der Waals surface area contributed by atoms with Crippen LogP contribution in [0.4, 0.5) is 8.78 Å². The van der Waals surface area contributed by atoms with E-state index in [4.69, 9.17) is 4.74 Å². The molecule has 0 saturated heterocycles. The third-order valence-corrected chi connectivity index (χ3v) is 4.07. The number of carbonyl (C=O) groups excluding carboxylic acids is 1. The van der Waals surface area contributed by atoms with Crippen molar-refractivity contribution < 1.29 is 23.0 Å². The molecule has 2 aromatic heterocycles. The minimum atomic E-state index is -2.92. The van der Waals surface area contributed by atoms with Gasteiger partial charge in [-0.05, 0) is 31.5 Å². The fraction of sp³-hybridized carbons (Fsp3) is 0.316. The Labute approximate surface area is 154 Å². The van der Waals surface area contributed by atoms with Crippen LogP contribution in [0.25, 0.3) is 22.3 Å². The van der Waals surface area contributed by atoms with Gasteiger partial charge < -0.3 is 9.47 Å². The number of alkyl halides is 2. The van der Waals surface area contributed by atoms with Crippen molar-refractivity contribution in [3.8, 4) is 17.0 Å². The maximum Gasteiger partial charge on any atom is 0.387 e. The molecule has 0 radical (unpaired) electrons. The SMILES string of the molecule is CCCn1nc(C)c2c(C(=O)OC)cc(-c3cccc(OC(F)F)c3)nc21. The summed E-state index contributed by atoms with van der Waals surface area (Å²) in [6, 6.07) is 7.77. The van der Waals surface area contributed by atoms with Gasteiger partial charge in [0.1, 0.15) is 5.75 Å². The van der Waals surface area contributed by atoms with Gasteiger partial charge in [-0.25, -0.2) is 14.5 Å². The molecule has 0 N–H and O–H groups in total. The second-order valence-corrected chi connectivity index (χ2v) is 5.96. The number of ether oxygens (including phenoxy) is 2. The summed E-state index contributed by atoms with van der Waals surface area (Å²) >= 11 is 0. The molecule has 0 unspecified atom stereocenters. The van der Waals surface area contributed by atoms with Crippen molar-refractivity contribution >= 4 is 17.0 Å². The molecule has 142 valence electrons. The van der Waals surface area contributed by atoms with E-state index in [0.717, 1.165) is 6.42 Å². The highest BCUT2D eigenvalue weighted by molar-refractivity contribution is 6.04. The Morgan fingerprint density at radius 2 is 2.07 bits per heavy atom. The number of hydrogen-bond donors (Lipinski definition) is 0. The molecule has 0 saturated carbocycles. The molecule has 0 atom stereocenters. The van der Waals surface area contributed by atoms with Crippen molar-refractivity contribution in [1.82, 2.24) is 14.8 Å². The molecular weight excluding hydrogens is 356 g/mol. The molecule has 3 aromatic rings. The van der Waals surface area contributed by atoms with Gasteiger partial charge in [-0.3, -0.25) is 0 Å². The van der Waals surface area contributed by atoms with Crippen LogP contribution in [0.5, 0.6) is 5.75 Å². The number of carbonyl (C=O) groups is 1. The maximum atomic E-state index is 12.5. The summed E-state index contributed by atoms with van der Waals surface area (Å²) in [5.41, 5.74) is 2.54. The molecule has 0 aliphatic rings. The van der Waals surface area contributed by atoms with Gasteiger partial charge in [0.15, 0.2) is 5.65 Å². The number of benzene rings is 1. The molecule has 1 aromatic carbocycles. The van der Waals surface area contributed by atoms with Gasteiger partial charge in [-0.15, -0.1) is 0 Å². The first-order chi connectivity index (χ1) is 12.9. The molecular formula is C19H19F2N3O3. The fourth-order valence-electron chi connectivity index (χ4n) is 2.97. The van der Waals surface area contributed by atoms with Crippen LogP contribution in [0, 0.1) is 6.92 Å². The lowest BCUT2D eigenvalue weighted by molar-refractivity contribution is -0.0498. The number of hydrogen-bond acceptors (Lipinski definition) is 5. The van der Waals surface area contributed by atoms with Crippen molar-refractivity contribution in [1.29, 1.82) is 0 Å². The largest absolute Gasteiger partial charge is 0.465 e. The van der Waals surface area contributed by atoms with Gasteiger partial charge in [-0.1, -0.05) is 19.1 Å². The van der Waals surface area contributed by atoms with E-state index < -0.39 is 12.6 Å². The number of fused-ring (bicyclic) bond motifs is 1. The Kier molecular flexibility index (Phi) is 5.34. The van der Waals surface area contributed by atoms with Gasteiger partial charge >= 0.3 is 12.6 Å². The highest BCUT2D eigenvalue weighted by Crippen LogP contribution is 2.29. The molecule has 0 aliphatic carbocycles. The van der Waals surface area contributed by atoms with E-state index >= 15 is 0 Å². The Hall–Kier alpha value is -3.03. The van der Waals surface area contributed by atoms with Gasteiger partial charge in [0.2, 0.25) is 0 Å². The van der Waals surface area contributed by atoms with Crippen molar-refractivity contribution in [3.05, 3.63) is 41.6 Å². The van der Waals surface area contributed by atoms with Crippen molar-refractivity contribution in [2.24, 2.45) is 0 Å². The first-order valence-corrected chi connectivity index (χ1v) is 8.46. The van der Waals surface area contributed by atoms with E-state index in [2.05, 4.69) is 14.8 Å². The molecule has 0 aliphatic heterocycles. The lowest BCUT2D eigenvalue weighted by atomic mass is 10.1. The first-order valence-electron chi connectivity index (χ1n) is 8.46. The average molecular weight is 375 g/mol. The Balaban J connectivity index is 2.22. The zero-order valence-electron chi connectivity index (χ0n) is 15.2. The van der Waals surface area contributed by atoms with Crippen LogP contribution in [0.1, 0.15) is 29.4 Å². The van der Waals surface area contributed by atoms with Crippen LogP contribution in [0.2, 0.25) is 0 Å². The number of pyridine rings is 1. The Morgan fingerprint density at radius 1 is 1.30 bits per heavy atom. The van der Waals surface area contributed by atoms with Crippen molar-refractivity contribution in [3.63, 3.8) is 0 Å².